The minimum Gasteiger partial charge on any atom is -0.493 e. The molecule has 0 unspecified atom stereocenters. The number of hydrogen-bond acceptors (Lipinski definition) is 4. The summed E-state index contributed by atoms with van der Waals surface area (Å²) < 4.78 is 10.9. The first-order chi connectivity index (χ1) is 10.2. The van der Waals surface area contributed by atoms with Crippen LogP contribution in [0.4, 0.5) is 0 Å². The fraction of sp³-hybridized carbons (Fsp3) is 0.188. The summed E-state index contributed by atoms with van der Waals surface area (Å²) in [6.45, 7) is 0.0240. The van der Waals surface area contributed by atoms with Crippen molar-refractivity contribution in [3.8, 4) is 11.5 Å². The molecule has 2 rings (SSSR count). The number of hydrogen-bond donors (Lipinski definition) is 2. The highest BCUT2D eigenvalue weighted by atomic mass is 16.5. The molecule has 0 amide bonds. The van der Waals surface area contributed by atoms with Gasteiger partial charge < -0.3 is 19.7 Å². The second-order valence-electron chi connectivity index (χ2n) is 4.40. The maximum atomic E-state index is 10.9. The van der Waals surface area contributed by atoms with E-state index in [9.17, 15) is 9.90 Å². The summed E-state index contributed by atoms with van der Waals surface area (Å²) in [5.74, 6) is 0.00403. The predicted molar refractivity (Wildman–Crippen MR) is 76.7 cm³/mol. The average Bonchev–Trinajstić information content (AvgIpc) is 2.52. The molecule has 0 aliphatic rings. The number of carboxylic acid groups (broad SMARTS) is 1. The molecule has 2 N–H and O–H groups in total. The van der Waals surface area contributed by atoms with Crippen molar-refractivity contribution < 1.29 is 24.5 Å². The van der Waals surface area contributed by atoms with E-state index in [1.807, 2.05) is 0 Å². The molecule has 2 aromatic rings. The third kappa shape index (κ3) is 3.52. The lowest BCUT2D eigenvalue weighted by atomic mass is 10.1. The Kier molecular flexibility index (Phi) is 4.79. The number of aliphatic hydroxyl groups excluding tert-OH is 1. The van der Waals surface area contributed by atoms with Gasteiger partial charge in [-0.25, -0.2) is 4.79 Å². The van der Waals surface area contributed by atoms with Gasteiger partial charge in [-0.15, -0.1) is 0 Å². The summed E-state index contributed by atoms with van der Waals surface area (Å²) in [5.41, 5.74) is 1.55. The van der Waals surface area contributed by atoms with Crippen molar-refractivity contribution in [3.05, 3.63) is 59.2 Å². The van der Waals surface area contributed by atoms with Crippen LogP contribution in [0.25, 0.3) is 0 Å². The maximum absolute atomic E-state index is 10.9. The molecule has 110 valence electrons. The first-order valence-electron chi connectivity index (χ1n) is 6.37. The van der Waals surface area contributed by atoms with E-state index in [1.165, 1.54) is 13.2 Å². The fourth-order valence-electron chi connectivity index (χ4n) is 1.96. The molecule has 0 radical (unpaired) electrons. The Balaban J connectivity index is 2.20. The summed E-state index contributed by atoms with van der Waals surface area (Å²) in [4.78, 5) is 10.9. The number of methoxy groups -OCH3 is 1. The minimum atomic E-state index is -0.981. The van der Waals surface area contributed by atoms with Crippen LogP contribution in [-0.4, -0.2) is 23.3 Å². The van der Waals surface area contributed by atoms with Crippen molar-refractivity contribution in [2.75, 3.05) is 7.11 Å². The van der Waals surface area contributed by atoms with Crippen molar-refractivity contribution in [3.63, 3.8) is 0 Å². The van der Waals surface area contributed by atoms with Gasteiger partial charge in [-0.05, 0) is 23.8 Å². The van der Waals surface area contributed by atoms with Gasteiger partial charge in [0.25, 0.3) is 0 Å². The van der Waals surface area contributed by atoms with Crippen molar-refractivity contribution in [1.29, 1.82) is 0 Å². The number of aliphatic hydroxyl groups is 1. The number of ether oxygens (including phenoxy) is 2. The quantitative estimate of drug-likeness (QED) is 0.854. The summed E-state index contributed by atoms with van der Waals surface area (Å²) in [6.07, 6.45) is 0. The first-order valence-corrected chi connectivity index (χ1v) is 6.37. The molecule has 0 aliphatic carbocycles. The molecule has 0 aliphatic heterocycles. The molecule has 2 aromatic carbocycles. The topological polar surface area (TPSA) is 76.0 Å². The van der Waals surface area contributed by atoms with Gasteiger partial charge >= 0.3 is 5.97 Å². The molecular weight excluding hydrogens is 272 g/mol. The van der Waals surface area contributed by atoms with Crippen LogP contribution in [0.3, 0.4) is 0 Å². The Labute approximate surface area is 122 Å². The van der Waals surface area contributed by atoms with Crippen LogP contribution >= 0.6 is 0 Å². The van der Waals surface area contributed by atoms with Crippen LogP contribution < -0.4 is 9.47 Å². The smallest absolute Gasteiger partial charge is 0.335 e. The van der Waals surface area contributed by atoms with E-state index >= 15 is 0 Å². The zero-order chi connectivity index (χ0) is 15.2. The number of carboxylic acids is 1. The van der Waals surface area contributed by atoms with Crippen LogP contribution in [0.2, 0.25) is 0 Å². The Morgan fingerprint density at radius 2 is 1.95 bits per heavy atom. The summed E-state index contributed by atoms with van der Waals surface area (Å²) in [6, 6.07) is 11.8. The van der Waals surface area contributed by atoms with Crippen molar-refractivity contribution in [2.45, 2.75) is 13.2 Å². The van der Waals surface area contributed by atoms with Gasteiger partial charge in [0.1, 0.15) is 6.61 Å². The summed E-state index contributed by atoms with van der Waals surface area (Å²) in [5, 5.41) is 18.3. The molecule has 5 nitrogen and oxygen atoms in total. The molecular formula is C16H16O5. The molecule has 0 aromatic heterocycles. The zero-order valence-corrected chi connectivity index (χ0v) is 11.6. The van der Waals surface area contributed by atoms with Crippen LogP contribution in [-0.2, 0) is 13.2 Å². The molecule has 0 spiro atoms. The van der Waals surface area contributed by atoms with Gasteiger partial charge in [0.05, 0.1) is 19.3 Å². The normalized spacial score (nSPS) is 10.2. The molecule has 0 atom stereocenters. The highest BCUT2D eigenvalue weighted by molar-refractivity contribution is 5.87. The van der Waals surface area contributed by atoms with Crippen molar-refractivity contribution >= 4 is 5.97 Å². The highest BCUT2D eigenvalue weighted by Gasteiger charge is 2.10. The van der Waals surface area contributed by atoms with Crippen LogP contribution in [0.5, 0.6) is 11.5 Å². The maximum Gasteiger partial charge on any atom is 0.335 e. The third-order valence-corrected chi connectivity index (χ3v) is 3.01. The number of aromatic carboxylic acids is 1. The van der Waals surface area contributed by atoms with Crippen molar-refractivity contribution in [2.24, 2.45) is 0 Å². The lowest BCUT2D eigenvalue weighted by molar-refractivity contribution is 0.0696. The lowest BCUT2D eigenvalue weighted by Gasteiger charge is -2.14. The van der Waals surface area contributed by atoms with Gasteiger partial charge in [0.15, 0.2) is 11.5 Å². The van der Waals surface area contributed by atoms with Gasteiger partial charge in [0.2, 0.25) is 0 Å². The minimum absolute atomic E-state index is 0.165. The van der Waals surface area contributed by atoms with E-state index in [4.69, 9.17) is 14.6 Å². The number of benzene rings is 2. The van der Waals surface area contributed by atoms with E-state index in [0.717, 1.165) is 5.56 Å². The Morgan fingerprint density at radius 1 is 1.19 bits per heavy atom. The summed E-state index contributed by atoms with van der Waals surface area (Å²) in [7, 11) is 1.52. The van der Waals surface area contributed by atoms with Crippen molar-refractivity contribution in [1.82, 2.24) is 0 Å². The molecule has 0 saturated heterocycles. The van der Waals surface area contributed by atoms with E-state index in [1.54, 1.807) is 36.4 Å². The van der Waals surface area contributed by atoms with Crippen LogP contribution in [0.15, 0.2) is 42.5 Å². The van der Waals surface area contributed by atoms with E-state index in [-0.39, 0.29) is 18.8 Å². The molecule has 0 bridgehead atoms. The first kappa shape index (κ1) is 14.9. The monoisotopic (exact) mass is 288 g/mol. The number of para-hydroxylation sites is 1. The van der Waals surface area contributed by atoms with Gasteiger partial charge in [-0.1, -0.05) is 24.3 Å². The Morgan fingerprint density at radius 3 is 2.62 bits per heavy atom. The van der Waals surface area contributed by atoms with Gasteiger partial charge in [-0.3, -0.25) is 0 Å². The molecule has 0 fully saturated rings. The van der Waals surface area contributed by atoms with E-state index in [0.29, 0.717) is 17.1 Å². The SMILES string of the molecule is COc1cccc(CO)c1OCc1cccc(C(=O)O)c1. The van der Waals surface area contributed by atoms with Gasteiger partial charge in [0, 0.05) is 5.56 Å². The fourth-order valence-corrected chi connectivity index (χ4v) is 1.96. The lowest BCUT2D eigenvalue weighted by Crippen LogP contribution is -2.03. The number of carbonyl (C=O) groups is 1. The average molecular weight is 288 g/mol. The van der Waals surface area contributed by atoms with E-state index in [2.05, 4.69) is 0 Å². The van der Waals surface area contributed by atoms with E-state index < -0.39 is 5.97 Å². The largest absolute Gasteiger partial charge is 0.493 e. The zero-order valence-electron chi connectivity index (χ0n) is 11.6. The Hall–Kier alpha value is -2.53. The third-order valence-electron chi connectivity index (χ3n) is 3.01. The highest BCUT2D eigenvalue weighted by Crippen LogP contribution is 2.31. The summed E-state index contributed by atoms with van der Waals surface area (Å²) >= 11 is 0. The predicted octanol–water partition coefficient (Wildman–Crippen LogP) is 2.46. The second-order valence-corrected chi connectivity index (χ2v) is 4.40. The van der Waals surface area contributed by atoms with Gasteiger partial charge in [-0.2, -0.15) is 0 Å². The standard InChI is InChI=1S/C16H16O5/c1-20-14-7-3-6-13(9-17)15(14)21-10-11-4-2-5-12(8-11)16(18)19/h2-8,17H,9-10H2,1H3,(H,18,19). The Bertz CT molecular complexity index is 614. The molecule has 0 saturated carbocycles. The molecule has 5 heteroatoms. The van der Waals surface area contributed by atoms with Crippen LogP contribution in [0, 0.1) is 0 Å². The van der Waals surface area contributed by atoms with Crippen LogP contribution in [0.1, 0.15) is 21.5 Å². The second kappa shape index (κ2) is 6.76. The molecule has 0 heterocycles. The number of rotatable bonds is 6. The molecule has 21 heavy (non-hydrogen) atoms.